The highest BCUT2D eigenvalue weighted by atomic mass is 35.5. The molecule has 0 saturated carbocycles. The number of nitrogen functional groups attached to an aromatic ring is 1. The van der Waals surface area contributed by atoms with Gasteiger partial charge in [0, 0.05) is 11.8 Å². The van der Waals surface area contributed by atoms with Crippen molar-refractivity contribution in [2.45, 2.75) is 6.18 Å². The molecule has 0 aromatic carbocycles. The maximum absolute atomic E-state index is 13.1. The average Bonchev–Trinajstić information content (AvgIpc) is 2.48. The number of carbonyl (C=O) groups excluding carboxylic acids is 1. The quantitative estimate of drug-likeness (QED) is 0.818. The van der Waals surface area contributed by atoms with Crippen LogP contribution in [0.4, 0.5) is 18.9 Å². The van der Waals surface area contributed by atoms with E-state index in [-0.39, 0.29) is 21.4 Å². The number of hydrogen-bond donors (Lipinski definition) is 1. The first-order chi connectivity index (χ1) is 10.7. The van der Waals surface area contributed by atoms with Gasteiger partial charge in [0.1, 0.15) is 0 Å². The number of hydrogen-bond acceptors (Lipinski definition) is 5. The van der Waals surface area contributed by atoms with E-state index >= 15 is 0 Å². The monoisotopic (exact) mass is 365 g/mol. The second-order valence-corrected chi connectivity index (χ2v) is 5.05. The molecule has 2 aromatic rings. The summed E-state index contributed by atoms with van der Waals surface area (Å²) in [7, 11) is 1.07. The highest BCUT2D eigenvalue weighted by Gasteiger charge is 2.37. The molecule has 0 amide bonds. The predicted molar refractivity (Wildman–Crippen MR) is 78.2 cm³/mol. The van der Waals surface area contributed by atoms with Gasteiger partial charge in [0.05, 0.1) is 28.5 Å². The summed E-state index contributed by atoms with van der Waals surface area (Å²) in [5.41, 5.74) is 3.02. The fourth-order valence-corrected chi connectivity index (χ4v) is 2.22. The number of esters is 1. The number of carbonyl (C=O) groups is 1. The molecule has 0 aliphatic heterocycles. The summed E-state index contributed by atoms with van der Waals surface area (Å²) in [5.74, 6) is -0.947. The molecule has 0 fully saturated rings. The van der Waals surface area contributed by atoms with Gasteiger partial charge in [-0.3, -0.25) is 4.98 Å². The Morgan fingerprint density at radius 2 is 2.00 bits per heavy atom. The molecule has 0 saturated heterocycles. The van der Waals surface area contributed by atoms with Crippen LogP contribution in [0.2, 0.25) is 10.0 Å². The van der Waals surface area contributed by atoms with Crippen LogP contribution >= 0.6 is 23.2 Å². The topological polar surface area (TPSA) is 78.1 Å². The normalized spacial score (nSPS) is 11.4. The summed E-state index contributed by atoms with van der Waals surface area (Å²) in [6, 6.07) is 2.24. The molecule has 0 atom stereocenters. The third-order valence-corrected chi connectivity index (χ3v) is 3.50. The van der Waals surface area contributed by atoms with Crippen LogP contribution in [0.1, 0.15) is 16.2 Å². The SMILES string of the molecule is COC(=O)c1nc(-c2c(Cl)ccnc2C(F)(F)F)cc(N)c1Cl. The Morgan fingerprint density at radius 1 is 1.35 bits per heavy atom. The lowest BCUT2D eigenvalue weighted by atomic mass is 10.1. The fraction of sp³-hybridized carbons (Fsp3) is 0.154. The van der Waals surface area contributed by atoms with Crippen molar-refractivity contribution in [3.8, 4) is 11.3 Å². The average molecular weight is 366 g/mol. The van der Waals surface area contributed by atoms with Crippen LogP contribution in [0, 0.1) is 0 Å². The summed E-state index contributed by atoms with van der Waals surface area (Å²) in [5, 5.41) is -0.480. The van der Waals surface area contributed by atoms with E-state index in [0.29, 0.717) is 0 Å². The maximum atomic E-state index is 13.1. The molecule has 0 aliphatic carbocycles. The number of pyridine rings is 2. The smallest absolute Gasteiger partial charge is 0.434 e. The van der Waals surface area contributed by atoms with Gasteiger partial charge in [-0.15, -0.1) is 0 Å². The van der Waals surface area contributed by atoms with E-state index in [1.807, 2.05) is 0 Å². The predicted octanol–water partition coefficient (Wildman–Crippen LogP) is 3.84. The molecule has 10 heteroatoms. The van der Waals surface area contributed by atoms with Gasteiger partial charge in [-0.2, -0.15) is 13.2 Å². The zero-order valence-electron chi connectivity index (χ0n) is 11.4. The summed E-state index contributed by atoms with van der Waals surface area (Å²) in [6.07, 6.45) is -3.86. The molecule has 0 unspecified atom stereocenters. The molecule has 2 heterocycles. The Kier molecular flexibility index (Phi) is 4.67. The standard InChI is InChI=1S/C13H8Cl2F3N3O2/c1-23-12(22)10-9(15)6(19)4-7(21-10)8-5(14)2-3-20-11(8)13(16,17)18/h2-4H,1H3,(H2,19,21). The van der Waals surface area contributed by atoms with Gasteiger partial charge in [0.15, 0.2) is 11.4 Å². The number of rotatable bonds is 2. The van der Waals surface area contributed by atoms with Gasteiger partial charge >= 0.3 is 12.1 Å². The third kappa shape index (κ3) is 3.32. The minimum absolute atomic E-state index is 0.148. The van der Waals surface area contributed by atoms with Crippen molar-refractivity contribution < 1.29 is 22.7 Å². The Hall–Kier alpha value is -2.06. The molecule has 23 heavy (non-hydrogen) atoms. The number of alkyl halides is 3. The van der Waals surface area contributed by atoms with Crippen LogP contribution < -0.4 is 5.73 Å². The fourth-order valence-electron chi connectivity index (χ4n) is 1.81. The molecule has 0 bridgehead atoms. The molecule has 2 aromatic heterocycles. The number of anilines is 1. The molecule has 5 nitrogen and oxygen atoms in total. The lowest BCUT2D eigenvalue weighted by Gasteiger charge is -2.14. The van der Waals surface area contributed by atoms with Crippen molar-refractivity contribution in [1.82, 2.24) is 9.97 Å². The van der Waals surface area contributed by atoms with Gasteiger partial charge in [0.2, 0.25) is 0 Å². The van der Waals surface area contributed by atoms with E-state index < -0.39 is 29.1 Å². The molecular weight excluding hydrogens is 358 g/mol. The van der Waals surface area contributed by atoms with E-state index in [4.69, 9.17) is 28.9 Å². The maximum Gasteiger partial charge on any atom is 0.434 e. The Bertz CT molecular complexity index is 782. The second kappa shape index (κ2) is 6.21. The molecule has 2 rings (SSSR count). The van der Waals surface area contributed by atoms with Crippen LogP contribution in [0.3, 0.4) is 0 Å². The van der Waals surface area contributed by atoms with Crippen molar-refractivity contribution >= 4 is 34.9 Å². The van der Waals surface area contributed by atoms with Crippen LogP contribution in [0.25, 0.3) is 11.3 Å². The van der Waals surface area contributed by atoms with Crippen LogP contribution in [0.5, 0.6) is 0 Å². The van der Waals surface area contributed by atoms with E-state index in [9.17, 15) is 18.0 Å². The lowest BCUT2D eigenvalue weighted by Crippen LogP contribution is -2.13. The first-order valence-electron chi connectivity index (χ1n) is 5.93. The van der Waals surface area contributed by atoms with Crippen molar-refractivity contribution in [3.63, 3.8) is 0 Å². The molecular formula is C13H8Cl2F3N3O2. The minimum atomic E-state index is -4.78. The zero-order chi connectivity index (χ0) is 17.4. The van der Waals surface area contributed by atoms with E-state index in [0.717, 1.165) is 25.4 Å². The van der Waals surface area contributed by atoms with Crippen molar-refractivity contribution in [1.29, 1.82) is 0 Å². The first-order valence-corrected chi connectivity index (χ1v) is 6.68. The van der Waals surface area contributed by atoms with Crippen molar-refractivity contribution in [2.24, 2.45) is 0 Å². The van der Waals surface area contributed by atoms with Gasteiger partial charge in [-0.25, -0.2) is 9.78 Å². The molecule has 0 radical (unpaired) electrons. The summed E-state index contributed by atoms with van der Waals surface area (Å²) < 4.78 is 43.8. The highest BCUT2D eigenvalue weighted by Crippen LogP contribution is 2.40. The third-order valence-electron chi connectivity index (χ3n) is 2.79. The lowest BCUT2D eigenvalue weighted by molar-refractivity contribution is -0.140. The number of halogens is 5. The largest absolute Gasteiger partial charge is 0.464 e. The summed E-state index contributed by atoms with van der Waals surface area (Å²) >= 11 is 11.7. The first kappa shape index (κ1) is 17.3. The number of methoxy groups -OCH3 is 1. The van der Waals surface area contributed by atoms with Crippen molar-refractivity contribution in [2.75, 3.05) is 12.8 Å². The van der Waals surface area contributed by atoms with Crippen molar-refractivity contribution in [3.05, 3.63) is 39.8 Å². The highest BCUT2D eigenvalue weighted by molar-refractivity contribution is 6.36. The van der Waals surface area contributed by atoms with Crippen LogP contribution in [0.15, 0.2) is 18.3 Å². The minimum Gasteiger partial charge on any atom is -0.464 e. The molecule has 0 spiro atoms. The summed E-state index contributed by atoms with van der Waals surface area (Å²) in [4.78, 5) is 18.7. The van der Waals surface area contributed by atoms with E-state index in [2.05, 4.69) is 14.7 Å². The second-order valence-electron chi connectivity index (χ2n) is 4.27. The van der Waals surface area contributed by atoms with Gasteiger partial charge < -0.3 is 10.5 Å². The van der Waals surface area contributed by atoms with Crippen LogP contribution in [-0.4, -0.2) is 23.0 Å². The van der Waals surface area contributed by atoms with Gasteiger partial charge in [0.25, 0.3) is 0 Å². The zero-order valence-corrected chi connectivity index (χ0v) is 12.9. The Morgan fingerprint density at radius 3 is 2.57 bits per heavy atom. The number of nitrogens with zero attached hydrogens (tertiary/aromatic N) is 2. The van der Waals surface area contributed by atoms with Gasteiger partial charge in [-0.1, -0.05) is 23.2 Å². The molecule has 122 valence electrons. The van der Waals surface area contributed by atoms with Crippen LogP contribution in [-0.2, 0) is 10.9 Å². The van der Waals surface area contributed by atoms with E-state index in [1.54, 1.807) is 0 Å². The Labute approximate surface area is 138 Å². The van der Waals surface area contributed by atoms with E-state index in [1.165, 1.54) is 0 Å². The Balaban J connectivity index is 2.78. The molecule has 0 aliphatic rings. The number of nitrogens with two attached hydrogens (primary N) is 1. The molecule has 2 N–H and O–H groups in total. The number of ether oxygens (including phenoxy) is 1. The van der Waals surface area contributed by atoms with Gasteiger partial charge in [-0.05, 0) is 12.1 Å². The number of aromatic nitrogens is 2. The summed E-state index contributed by atoms with van der Waals surface area (Å²) in [6.45, 7) is 0.